The molecule has 0 unspecified atom stereocenters. The van der Waals surface area contributed by atoms with Crippen LogP contribution in [0.5, 0.6) is 0 Å². The Hall–Kier alpha value is -0.670. The van der Waals surface area contributed by atoms with E-state index in [0.29, 0.717) is 10.7 Å². The number of carbonyl (C=O) groups excluding carboxylic acids is 1. The van der Waals surface area contributed by atoms with Gasteiger partial charge in [0.1, 0.15) is 0 Å². The van der Waals surface area contributed by atoms with Gasteiger partial charge in [0.05, 0.1) is 10.7 Å². The highest BCUT2D eigenvalue weighted by atomic mass is 35.5. The van der Waals surface area contributed by atoms with Gasteiger partial charge in [0.2, 0.25) is 0 Å². The van der Waals surface area contributed by atoms with Gasteiger partial charge in [-0.2, -0.15) is 0 Å². The molecular formula is C8H8ClNOS. The molecule has 4 heteroatoms. The van der Waals surface area contributed by atoms with Crippen molar-refractivity contribution in [3.05, 3.63) is 29.3 Å². The summed E-state index contributed by atoms with van der Waals surface area (Å²) in [4.78, 5) is 10.9. The molecule has 0 saturated carbocycles. The number of anilines is 1. The van der Waals surface area contributed by atoms with E-state index in [9.17, 15) is 4.79 Å². The van der Waals surface area contributed by atoms with Crippen molar-refractivity contribution in [2.45, 2.75) is 0 Å². The highest BCUT2D eigenvalue weighted by Crippen LogP contribution is 2.21. The molecule has 1 amide bonds. The molecule has 64 valence electrons. The molecule has 0 fully saturated rings. The first-order valence-electron chi connectivity index (χ1n) is 3.33. The number of hydrogen-bond donors (Lipinski definition) is 1. The second-order valence-corrected chi connectivity index (χ2v) is 3.28. The van der Waals surface area contributed by atoms with Gasteiger partial charge in [0.15, 0.2) is 0 Å². The number of nitrogens with one attached hydrogen (secondary N) is 1. The number of hydrogen-bond acceptors (Lipinski definition) is 2. The SMILES string of the molecule is CSC(=O)Nc1ccccc1Cl. The van der Waals surface area contributed by atoms with Crippen LogP contribution < -0.4 is 5.32 Å². The van der Waals surface area contributed by atoms with E-state index in [-0.39, 0.29) is 5.24 Å². The summed E-state index contributed by atoms with van der Waals surface area (Å²) in [5.74, 6) is 0. The van der Waals surface area contributed by atoms with Gasteiger partial charge >= 0.3 is 0 Å². The highest BCUT2D eigenvalue weighted by Gasteiger charge is 2.01. The van der Waals surface area contributed by atoms with Crippen molar-refractivity contribution in [3.8, 4) is 0 Å². The van der Waals surface area contributed by atoms with Gasteiger partial charge in [-0.25, -0.2) is 0 Å². The van der Waals surface area contributed by atoms with Crippen LogP contribution in [0.4, 0.5) is 10.5 Å². The van der Waals surface area contributed by atoms with Crippen LogP contribution >= 0.6 is 23.4 Å². The Bertz CT molecular complexity index is 290. The highest BCUT2D eigenvalue weighted by molar-refractivity contribution is 8.13. The Balaban J connectivity index is 2.75. The normalized spacial score (nSPS) is 9.50. The van der Waals surface area contributed by atoms with Gasteiger partial charge in [0, 0.05) is 0 Å². The van der Waals surface area contributed by atoms with E-state index in [2.05, 4.69) is 5.32 Å². The van der Waals surface area contributed by atoms with Gasteiger partial charge in [0.25, 0.3) is 5.24 Å². The average molecular weight is 202 g/mol. The Morgan fingerprint density at radius 1 is 1.50 bits per heavy atom. The van der Waals surface area contributed by atoms with Crippen molar-refractivity contribution >= 4 is 34.3 Å². The van der Waals surface area contributed by atoms with Crippen molar-refractivity contribution in [1.82, 2.24) is 0 Å². The Morgan fingerprint density at radius 3 is 2.75 bits per heavy atom. The van der Waals surface area contributed by atoms with E-state index in [4.69, 9.17) is 11.6 Å². The molecule has 0 radical (unpaired) electrons. The lowest BCUT2D eigenvalue weighted by molar-refractivity contribution is 0.270. The van der Waals surface area contributed by atoms with E-state index < -0.39 is 0 Å². The molecule has 1 N–H and O–H groups in total. The zero-order valence-electron chi connectivity index (χ0n) is 6.50. The van der Waals surface area contributed by atoms with Gasteiger partial charge < -0.3 is 5.32 Å². The maximum absolute atomic E-state index is 10.9. The zero-order chi connectivity index (χ0) is 8.97. The monoisotopic (exact) mass is 201 g/mol. The molecule has 0 saturated heterocycles. The molecule has 0 bridgehead atoms. The Morgan fingerprint density at radius 2 is 2.17 bits per heavy atom. The van der Waals surface area contributed by atoms with Crippen LogP contribution in [0.2, 0.25) is 5.02 Å². The number of thioether (sulfide) groups is 1. The van der Waals surface area contributed by atoms with E-state index in [1.807, 2.05) is 12.1 Å². The summed E-state index contributed by atoms with van der Waals surface area (Å²) in [6.45, 7) is 0. The first kappa shape index (κ1) is 9.42. The third kappa shape index (κ3) is 2.43. The number of benzene rings is 1. The molecular weight excluding hydrogens is 194 g/mol. The van der Waals surface area contributed by atoms with Crippen LogP contribution in [0, 0.1) is 0 Å². The smallest absolute Gasteiger partial charge is 0.283 e. The summed E-state index contributed by atoms with van der Waals surface area (Å²) in [5.41, 5.74) is 0.651. The van der Waals surface area contributed by atoms with E-state index in [1.165, 1.54) is 0 Å². The molecule has 0 aliphatic heterocycles. The lowest BCUT2D eigenvalue weighted by Gasteiger charge is -2.03. The van der Waals surface area contributed by atoms with E-state index in [0.717, 1.165) is 11.8 Å². The predicted octanol–water partition coefficient (Wildman–Crippen LogP) is 3.23. The van der Waals surface area contributed by atoms with Crippen LogP contribution in [0.25, 0.3) is 0 Å². The summed E-state index contributed by atoms with van der Waals surface area (Å²) < 4.78 is 0. The molecule has 0 aliphatic rings. The van der Waals surface area contributed by atoms with Crippen LogP contribution in [-0.2, 0) is 0 Å². The molecule has 1 rings (SSSR count). The molecule has 0 aromatic heterocycles. The maximum Gasteiger partial charge on any atom is 0.283 e. The summed E-state index contributed by atoms with van der Waals surface area (Å²) in [6, 6.07) is 7.13. The van der Waals surface area contributed by atoms with Crippen LogP contribution in [0.15, 0.2) is 24.3 Å². The summed E-state index contributed by atoms with van der Waals surface area (Å²) >= 11 is 6.92. The lowest BCUT2D eigenvalue weighted by atomic mass is 10.3. The second-order valence-electron chi connectivity index (χ2n) is 2.10. The molecule has 0 spiro atoms. The third-order valence-corrected chi connectivity index (χ3v) is 2.10. The van der Waals surface area contributed by atoms with Gasteiger partial charge in [-0.05, 0) is 18.4 Å². The number of rotatable bonds is 1. The van der Waals surface area contributed by atoms with Gasteiger partial charge in [-0.15, -0.1) is 0 Å². The van der Waals surface area contributed by atoms with Gasteiger partial charge in [-0.3, -0.25) is 4.79 Å². The molecule has 1 aromatic carbocycles. The third-order valence-electron chi connectivity index (χ3n) is 1.30. The fourth-order valence-corrected chi connectivity index (χ4v) is 1.12. The Kier molecular flexibility index (Phi) is 3.44. The first-order chi connectivity index (χ1) is 5.74. The van der Waals surface area contributed by atoms with E-state index >= 15 is 0 Å². The van der Waals surface area contributed by atoms with Gasteiger partial charge in [-0.1, -0.05) is 35.5 Å². The maximum atomic E-state index is 10.9. The van der Waals surface area contributed by atoms with Crippen LogP contribution in [0.1, 0.15) is 0 Å². The van der Waals surface area contributed by atoms with Crippen LogP contribution in [-0.4, -0.2) is 11.5 Å². The van der Waals surface area contributed by atoms with Crippen molar-refractivity contribution in [3.63, 3.8) is 0 Å². The van der Waals surface area contributed by atoms with Crippen LogP contribution in [0.3, 0.4) is 0 Å². The van der Waals surface area contributed by atoms with Crippen molar-refractivity contribution in [1.29, 1.82) is 0 Å². The minimum absolute atomic E-state index is 0.108. The standard InChI is InChI=1S/C8H8ClNOS/c1-12-8(11)10-7-5-3-2-4-6(7)9/h2-5H,1H3,(H,10,11). The summed E-state index contributed by atoms with van der Waals surface area (Å²) in [7, 11) is 0. The minimum atomic E-state index is -0.108. The molecule has 0 atom stereocenters. The first-order valence-corrected chi connectivity index (χ1v) is 4.94. The number of halogens is 1. The zero-order valence-corrected chi connectivity index (χ0v) is 8.08. The van der Waals surface area contributed by atoms with Crippen molar-refractivity contribution in [2.24, 2.45) is 0 Å². The molecule has 2 nitrogen and oxygen atoms in total. The average Bonchev–Trinajstić information content (AvgIpc) is 2.09. The summed E-state index contributed by atoms with van der Waals surface area (Å²) in [6.07, 6.45) is 1.71. The molecule has 12 heavy (non-hydrogen) atoms. The Labute approximate surface area is 80.3 Å². The summed E-state index contributed by atoms with van der Waals surface area (Å²) in [5, 5.41) is 3.10. The fourth-order valence-electron chi connectivity index (χ4n) is 0.724. The predicted molar refractivity (Wildman–Crippen MR) is 54.0 cm³/mol. The second kappa shape index (κ2) is 4.38. The minimum Gasteiger partial charge on any atom is -0.315 e. The molecule has 0 aliphatic carbocycles. The van der Waals surface area contributed by atoms with E-state index in [1.54, 1.807) is 18.4 Å². The quantitative estimate of drug-likeness (QED) is 0.756. The topological polar surface area (TPSA) is 29.1 Å². The number of amides is 1. The largest absolute Gasteiger partial charge is 0.315 e. The number of carbonyl (C=O) groups is 1. The number of para-hydroxylation sites is 1. The lowest BCUT2D eigenvalue weighted by Crippen LogP contribution is -2.03. The fraction of sp³-hybridized carbons (Fsp3) is 0.125. The van der Waals surface area contributed by atoms with Crippen molar-refractivity contribution in [2.75, 3.05) is 11.6 Å². The van der Waals surface area contributed by atoms with Crippen molar-refractivity contribution < 1.29 is 4.79 Å². The molecule has 0 heterocycles. The molecule has 1 aromatic rings.